The predicted molar refractivity (Wildman–Crippen MR) is 58.0 cm³/mol. The maximum absolute atomic E-state index is 11.8. The largest absolute Gasteiger partial charge is 0.299 e. The van der Waals surface area contributed by atoms with E-state index in [0.29, 0.717) is 17.1 Å². The lowest BCUT2D eigenvalue weighted by Crippen LogP contribution is -2.38. The van der Waals surface area contributed by atoms with Crippen LogP contribution < -0.4 is 0 Å². The summed E-state index contributed by atoms with van der Waals surface area (Å²) in [5.41, 5.74) is 0.351. The normalized spacial score (nSPS) is 43.0. The summed E-state index contributed by atoms with van der Waals surface area (Å²) in [5, 5.41) is 0. The molecule has 14 heavy (non-hydrogen) atoms. The van der Waals surface area contributed by atoms with E-state index in [9.17, 15) is 4.79 Å². The van der Waals surface area contributed by atoms with Crippen LogP contribution in [0.25, 0.3) is 0 Å². The highest BCUT2D eigenvalue weighted by atomic mass is 16.1. The van der Waals surface area contributed by atoms with E-state index in [2.05, 4.69) is 20.8 Å². The van der Waals surface area contributed by atoms with E-state index in [1.165, 1.54) is 12.8 Å². The zero-order valence-corrected chi connectivity index (χ0v) is 9.68. The molecule has 0 N–H and O–H groups in total. The number of fused-ring (bicyclic) bond motifs is 1. The third kappa shape index (κ3) is 1.32. The number of carbonyl (C=O) groups is 1. The molecule has 1 nitrogen and oxygen atoms in total. The molecule has 2 saturated carbocycles. The molecule has 0 radical (unpaired) electrons. The Labute approximate surface area is 87.3 Å². The monoisotopic (exact) mass is 194 g/mol. The van der Waals surface area contributed by atoms with E-state index in [0.717, 1.165) is 31.1 Å². The van der Waals surface area contributed by atoms with Gasteiger partial charge in [0.25, 0.3) is 0 Å². The van der Waals surface area contributed by atoms with Gasteiger partial charge in [-0.3, -0.25) is 4.79 Å². The van der Waals surface area contributed by atoms with Crippen LogP contribution in [0.2, 0.25) is 0 Å². The standard InChI is InChI=1S/C13H22O/c1-9(2)10-6-7-11-12(14)5-4-8-13(10,11)3/h9-11H,4-8H2,1-3H3/t10?,11-,13?/m0/s1. The average molecular weight is 194 g/mol. The minimum Gasteiger partial charge on any atom is -0.299 e. The molecule has 0 spiro atoms. The lowest BCUT2D eigenvalue weighted by Gasteiger charge is -2.41. The molecule has 0 heterocycles. The summed E-state index contributed by atoms with van der Waals surface area (Å²) in [4.78, 5) is 11.8. The summed E-state index contributed by atoms with van der Waals surface area (Å²) in [6.45, 7) is 7.00. The van der Waals surface area contributed by atoms with Crippen LogP contribution in [0.3, 0.4) is 0 Å². The summed E-state index contributed by atoms with van der Waals surface area (Å²) in [6.07, 6.45) is 5.72. The molecule has 2 rings (SSSR count). The van der Waals surface area contributed by atoms with Crippen molar-refractivity contribution in [1.29, 1.82) is 0 Å². The Bertz CT molecular complexity index is 244. The third-order valence-electron chi connectivity index (χ3n) is 4.74. The number of Topliss-reactive ketones (excluding diaryl/α,β-unsaturated/α-hetero) is 1. The fourth-order valence-corrected chi connectivity index (χ4v) is 4.07. The second-order valence-electron chi connectivity index (χ2n) is 5.81. The maximum atomic E-state index is 11.8. The van der Waals surface area contributed by atoms with Crippen molar-refractivity contribution in [2.75, 3.05) is 0 Å². The topological polar surface area (TPSA) is 17.1 Å². The van der Waals surface area contributed by atoms with Crippen molar-refractivity contribution in [3.05, 3.63) is 0 Å². The van der Waals surface area contributed by atoms with E-state index in [4.69, 9.17) is 0 Å². The summed E-state index contributed by atoms with van der Waals surface area (Å²) in [5.74, 6) is 2.50. The van der Waals surface area contributed by atoms with Crippen LogP contribution >= 0.6 is 0 Å². The highest BCUT2D eigenvalue weighted by Gasteiger charge is 2.51. The quantitative estimate of drug-likeness (QED) is 0.625. The van der Waals surface area contributed by atoms with Crippen molar-refractivity contribution in [2.24, 2.45) is 23.2 Å². The Morgan fingerprint density at radius 2 is 2.07 bits per heavy atom. The number of carbonyl (C=O) groups excluding carboxylic acids is 1. The fourth-order valence-electron chi connectivity index (χ4n) is 4.07. The van der Waals surface area contributed by atoms with Gasteiger partial charge in [-0.2, -0.15) is 0 Å². The minimum absolute atomic E-state index is 0.351. The highest BCUT2D eigenvalue weighted by Crippen LogP contribution is 2.56. The van der Waals surface area contributed by atoms with E-state index in [-0.39, 0.29) is 0 Å². The second kappa shape index (κ2) is 3.36. The van der Waals surface area contributed by atoms with Crippen LogP contribution in [0.5, 0.6) is 0 Å². The molecule has 2 fully saturated rings. The zero-order valence-electron chi connectivity index (χ0n) is 9.68. The first-order chi connectivity index (χ1) is 6.55. The van der Waals surface area contributed by atoms with Gasteiger partial charge in [0, 0.05) is 12.3 Å². The molecule has 0 bridgehead atoms. The summed E-state index contributed by atoms with van der Waals surface area (Å²) in [7, 11) is 0. The molecule has 2 unspecified atom stereocenters. The van der Waals surface area contributed by atoms with Crippen LogP contribution in [0.4, 0.5) is 0 Å². The van der Waals surface area contributed by atoms with Gasteiger partial charge in [-0.05, 0) is 42.9 Å². The third-order valence-corrected chi connectivity index (χ3v) is 4.74. The Hall–Kier alpha value is -0.330. The van der Waals surface area contributed by atoms with Crippen LogP contribution in [0, 0.1) is 23.2 Å². The summed E-state index contributed by atoms with van der Waals surface area (Å²) >= 11 is 0. The van der Waals surface area contributed by atoms with Crippen molar-refractivity contribution in [1.82, 2.24) is 0 Å². The average Bonchev–Trinajstić information content (AvgIpc) is 2.43. The highest BCUT2D eigenvalue weighted by molar-refractivity contribution is 5.83. The van der Waals surface area contributed by atoms with Crippen LogP contribution in [0.15, 0.2) is 0 Å². The Balaban J connectivity index is 2.24. The van der Waals surface area contributed by atoms with Gasteiger partial charge in [-0.15, -0.1) is 0 Å². The molecule has 0 saturated heterocycles. The molecule has 0 aromatic rings. The van der Waals surface area contributed by atoms with Crippen LogP contribution in [0.1, 0.15) is 52.9 Å². The molecular weight excluding hydrogens is 172 g/mol. The Morgan fingerprint density at radius 3 is 2.71 bits per heavy atom. The van der Waals surface area contributed by atoms with Gasteiger partial charge >= 0.3 is 0 Å². The molecule has 2 aliphatic rings. The van der Waals surface area contributed by atoms with Crippen molar-refractivity contribution in [3.8, 4) is 0 Å². The van der Waals surface area contributed by atoms with Gasteiger partial charge in [0.2, 0.25) is 0 Å². The Kier molecular flexibility index (Phi) is 2.45. The van der Waals surface area contributed by atoms with Crippen LogP contribution in [-0.4, -0.2) is 5.78 Å². The van der Waals surface area contributed by atoms with Gasteiger partial charge in [-0.1, -0.05) is 20.8 Å². The molecule has 0 amide bonds. The van der Waals surface area contributed by atoms with Crippen molar-refractivity contribution in [3.63, 3.8) is 0 Å². The number of rotatable bonds is 1. The molecule has 3 atom stereocenters. The molecular formula is C13H22O. The number of ketones is 1. The predicted octanol–water partition coefficient (Wildman–Crippen LogP) is 3.43. The van der Waals surface area contributed by atoms with E-state index < -0.39 is 0 Å². The van der Waals surface area contributed by atoms with Gasteiger partial charge < -0.3 is 0 Å². The van der Waals surface area contributed by atoms with Gasteiger partial charge in [0.1, 0.15) is 5.78 Å². The smallest absolute Gasteiger partial charge is 0.136 e. The summed E-state index contributed by atoms with van der Waals surface area (Å²) in [6, 6.07) is 0. The molecule has 80 valence electrons. The summed E-state index contributed by atoms with van der Waals surface area (Å²) < 4.78 is 0. The minimum atomic E-state index is 0.351. The van der Waals surface area contributed by atoms with E-state index in [1.807, 2.05) is 0 Å². The van der Waals surface area contributed by atoms with E-state index in [1.54, 1.807) is 0 Å². The van der Waals surface area contributed by atoms with Gasteiger partial charge in [0.05, 0.1) is 0 Å². The maximum Gasteiger partial charge on any atom is 0.136 e. The second-order valence-corrected chi connectivity index (χ2v) is 5.81. The van der Waals surface area contributed by atoms with Crippen molar-refractivity contribution in [2.45, 2.75) is 52.9 Å². The van der Waals surface area contributed by atoms with Gasteiger partial charge in [0.15, 0.2) is 0 Å². The first-order valence-corrected chi connectivity index (χ1v) is 6.08. The lowest BCUT2D eigenvalue weighted by molar-refractivity contribution is -0.130. The van der Waals surface area contributed by atoms with Crippen molar-refractivity contribution >= 4 is 5.78 Å². The Morgan fingerprint density at radius 1 is 1.36 bits per heavy atom. The first kappa shape index (κ1) is 10.2. The molecule has 0 aromatic heterocycles. The number of hydrogen-bond donors (Lipinski definition) is 0. The molecule has 1 heteroatoms. The molecule has 0 aromatic carbocycles. The SMILES string of the molecule is CC(C)C1CC[C@H]2C(=O)CCCC12C. The van der Waals surface area contributed by atoms with Crippen molar-refractivity contribution < 1.29 is 4.79 Å². The first-order valence-electron chi connectivity index (χ1n) is 6.08. The van der Waals surface area contributed by atoms with E-state index >= 15 is 0 Å². The molecule has 2 aliphatic carbocycles. The number of hydrogen-bond acceptors (Lipinski definition) is 1. The molecule has 0 aliphatic heterocycles. The van der Waals surface area contributed by atoms with Crippen LogP contribution in [-0.2, 0) is 4.79 Å². The fraction of sp³-hybridized carbons (Fsp3) is 0.923. The zero-order chi connectivity index (χ0) is 10.3. The lowest BCUT2D eigenvalue weighted by atomic mass is 9.62. The van der Waals surface area contributed by atoms with Gasteiger partial charge in [-0.25, -0.2) is 0 Å².